The molecule has 0 aromatic rings. The number of esters is 1. The van der Waals surface area contributed by atoms with Crippen LogP contribution in [0.25, 0.3) is 10.4 Å². The zero-order valence-electron chi connectivity index (χ0n) is 14.6. The Bertz CT molecular complexity index is 416. The molecule has 0 fully saturated rings. The monoisotopic (exact) mass is 362 g/mol. The van der Waals surface area contributed by atoms with Gasteiger partial charge >= 0.3 is 5.97 Å². The van der Waals surface area contributed by atoms with Crippen LogP contribution in [0.5, 0.6) is 0 Å². The van der Waals surface area contributed by atoms with Gasteiger partial charge in [0.1, 0.15) is 0 Å². The second kappa shape index (κ2) is 16.9. The number of methoxy groups -OCH3 is 2. The molecule has 0 aliphatic rings. The van der Waals surface area contributed by atoms with Gasteiger partial charge in [0.25, 0.3) is 0 Å². The van der Waals surface area contributed by atoms with Crippen LogP contribution in [-0.2, 0) is 33.3 Å². The fraction of sp³-hybridized carbons (Fsp3) is 0.857. The van der Waals surface area contributed by atoms with Crippen LogP contribution in [0.2, 0.25) is 0 Å². The number of amides is 1. The van der Waals surface area contributed by atoms with Gasteiger partial charge in [0.15, 0.2) is 6.04 Å². The fourth-order valence-corrected chi connectivity index (χ4v) is 1.60. The first-order valence-corrected chi connectivity index (χ1v) is 7.75. The van der Waals surface area contributed by atoms with Crippen molar-refractivity contribution in [1.82, 2.24) is 5.32 Å². The lowest BCUT2D eigenvalue weighted by molar-refractivity contribution is -0.146. The van der Waals surface area contributed by atoms with Gasteiger partial charge in [0, 0.05) is 25.0 Å². The molecule has 0 spiro atoms. The summed E-state index contributed by atoms with van der Waals surface area (Å²) in [6.07, 6.45) is 0.111. The van der Waals surface area contributed by atoms with Gasteiger partial charge in [-0.2, -0.15) is 0 Å². The third-order valence-electron chi connectivity index (χ3n) is 2.77. The van der Waals surface area contributed by atoms with Gasteiger partial charge in [-0.05, 0) is 5.53 Å². The van der Waals surface area contributed by atoms with Crippen molar-refractivity contribution < 1.29 is 33.3 Å². The number of carbonyl (C=O) groups excluding carboxylic acids is 2. The summed E-state index contributed by atoms with van der Waals surface area (Å²) in [5.41, 5.74) is 8.06. The SMILES string of the molecule is COC[C@H](NC(=O)CCOCCOCCOCCN=[N+]=[N-])C(=O)OC. The van der Waals surface area contributed by atoms with E-state index in [1.807, 2.05) is 0 Å². The fourth-order valence-electron chi connectivity index (χ4n) is 1.60. The highest BCUT2D eigenvalue weighted by atomic mass is 16.5. The minimum Gasteiger partial charge on any atom is -0.467 e. The molecule has 11 heteroatoms. The molecule has 0 rings (SSSR count). The van der Waals surface area contributed by atoms with Crippen molar-refractivity contribution in [3.8, 4) is 0 Å². The van der Waals surface area contributed by atoms with Gasteiger partial charge < -0.3 is 29.0 Å². The van der Waals surface area contributed by atoms with Gasteiger partial charge in [-0.3, -0.25) is 4.79 Å². The van der Waals surface area contributed by atoms with Crippen molar-refractivity contribution in [2.24, 2.45) is 5.11 Å². The molecule has 0 radical (unpaired) electrons. The lowest BCUT2D eigenvalue weighted by Gasteiger charge is -2.15. The summed E-state index contributed by atoms with van der Waals surface area (Å²) in [5.74, 6) is -0.895. The predicted molar refractivity (Wildman–Crippen MR) is 86.9 cm³/mol. The van der Waals surface area contributed by atoms with E-state index in [2.05, 4.69) is 20.1 Å². The molecule has 25 heavy (non-hydrogen) atoms. The number of azide groups is 1. The molecule has 0 aromatic carbocycles. The van der Waals surface area contributed by atoms with E-state index in [9.17, 15) is 9.59 Å². The average molecular weight is 362 g/mol. The highest BCUT2D eigenvalue weighted by Gasteiger charge is 2.20. The summed E-state index contributed by atoms with van der Waals surface area (Å²) < 4.78 is 25.1. The van der Waals surface area contributed by atoms with E-state index in [1.54, 1.807) is 0 Å². The highest BCUT2D eigenvalue weighted by molar-refractivity contribution is 5.84. The summed E-state index contributed by atoms with van der Waals surface area (Å²) >= 11 is 0. The number of ether oxygens (including phenoxy) is 5. The molecule has 0 unspecified atom stereocenters. The summed E-state index contributed by atoms with van der Waals surface area (Å²) in [5, 5.41) is 5.84. The minimum absolute atomic E-state index is 0.0397. The van der Waals surface area contributed by atoms with Gasteiger partial charge in [0.05, 0.1) is 53.4 Å². The molecule has 1 N–H and O–H groups in total. The molecule has 1 atom stereocenters. The first-order valence-electron chi connectivity index (χ1n) is 7.75. The topological polar surface area (TPSA) is 141 Å². The molecular formula is C14H26N4O7. The quantitative estimate of drug-likeness (QED) is 0.134. The van der Waals surface area contributed by atoms with E-state index in [4.69, 9.17) is 24.5 Å². The molecular weight excluding hydrogens is 336 g/mol. The zero-order valence-corrected chi connectivity index (χ0v) is 14.6. The van der Waals surface area contributed by atoms with Gasteiger partial charge in [-0.1, -0.05) is 5.11 Å². The number of rotatable bonds is 16. The molecule has 0 aliphatic heterocycles. The zero-order chi connectivity index (χ0) is 18.8. The Morgan fingerprint density at radius 3 is 2.20 bits per heavy atom. The first-order chi connectivity index (χ1) is 12.2. The highest BCUT2D eigenvalue weighted by Crippen LogP contribution is 1.92. The van der Waals surface area contributed by atoms with Gasteiger partial charge in [-0.25, -0.2) is 4.79 Å². The first kappa shape index (κ1) is 23.1. The van der Waals surface area contributed by atoms with Crippen LogP contribution >= 0.6 is 0 Å². The summed E-state index contributed by atoms with van der Waals surface area (Å²) in [4.78, 5) is 25.7. The molecule has 1 amide bonds. The summed E-state index contributed by atoms with van der Waals surface area (Å²) in [7, 11) is 2.67. The van der Waals surface area contributed by atoms with Crippen molar-refractivity contribution >= 4 is 11.9 Å². The number of nitrogens with zero attached hydrogens (tertiary/aromatic N) is 3. The molecule has 0 aromatic heterocycles. The van der Waals surface area contributed by atoms with E-state index < -0.39 is 12.0 Å². The number of carbonyl (C=O) groups is 2. The number of hydrogen-bond donors (Lipinski definition) is 1. The van der Waals surface area contributed by atoms with Crippen LogP contribution in [0.1, 0.15) is 6.42 Å². The lowest BCUT2D eigenvalue weighted by atomic mass is 10.3. The molecule has 11 nitrogen and oxygen atoms in total. The van der Waals surface area contributed by atoms with Crippen LogP contribution in [0, 0.1) is 0 Å². The van der Waals surface area contributed by atoms with E-state index in [-0.39, 0.29) is 25.5 Å². The maximum absolute atomic E-state index is 11.7. The second-order valence-electron chi connectivity index (χ2n) is 4.64. The van der Waals surface area contributed by atoms with Crippen molar-refractivity contribution in [1.29, 1.82) is 0 Å². The van der Waals surface area contributed by atoms with E-state index in [1.165, 1.54) is 14.2 Å². The smallest absolute Gasteiger partial charge is 0.330 e. The largest absolute Gasteiger partial charge is 0.467 e. The van der Waals surface area contributed by atoms with Crippen LogP contribution in [0.3, 0.4) is 0 Å². The third-order valence-corrected chi connectivity index (χ3v) is 2.77. The third kappa shape index (κ3) is 14.2. The van der Waals surface area contributed by atoms with Crippen molar-refractivity contribution in [2.75, 3.05) is 67.0 Å². The van der Waals surface area contributed by atoms with Gasteiger partial charge in [0.2, 0.25) is 5.91 Å². The van der Waals surface area contributed by atoms with E-state index in [0.29, 0.717) is 39.6 Å². The van der Waals surface area contributed by atoms with Gasteiger partial charge in [-0.15, -0.1) is 0 Å². The molecule has 0 saturated carbocycles. The Labute approximate surface area is 146 Å². The summed E-state index contributed by atoms with van der Waals surface area (Å²) in [6, 6.07) is -0.829. The van der Waals surface area contributed by atoms with Crippen LogP contribution < -0.4 is 5.32 Å². The lowest BCUT2D eigenvalue weighted by Crippen LogP contribution is -2.44. The number of hydrogen-bond acceptors (Lipinski definition) is 8. The Hall–Kier alpha value is -1.91. The Kier molecular flexibility index (Phi) is 15.6. The van der Waals surface area contributed by atoms with Crippen LogP contribution in [0.15, 0.2) is 5.11 Å². The van der Waals surface area contributed by atoms with E-state index in [0.717, 1.165) is 0 Å². The molecule has 144 valence electrons. The predicted octanol–water partition coefficient (Wildman–Crippen LogP) is 0.0408. The van der Waals surface area contributed by atoms with E-state index >= 15 is 0 Å². The molecule has 0 saturated heterocycles. The normalized spacial score (nSPS) is 11.4. The maximum Gasteiger partial charge on any atom is 0.330 e. The maximum atomic E-state index is 11.7. The van der Waals surface area contributed by atoms with Crippen LogP contribution in [-0.4, -0.2) is 84.9 Å². The Balaban J connectivity index is 3.53. The van der Waals surface area contributed by atoms with Crippen molar-refractivity contribution in [2.45, 2.75) is 12.5 Å². The molecule has 0 bridgehead atoms. The minimum atomic E-state index is -0.829. The second-order valence-corrected chi connectivity index (χ2v) is 4.64. The molecule has 0 heterocycles. The molecule has 0 aliphatic carbocycles. The van der Waals surface area contributed by atoms with Crippen molar-refractivity contribution in [3.05, 3.63) is 10.4 Å². The summed E-state index contributed by atoms with van der Waals surface area (Å²) in [6.45, 7) is 2.41. The number of nitrogens with one attached hydrogen (secondary N) is 1. The van der Waals surface area contributed by atoms with Crippen molar-refractivity contribution in [3.63, 3.8) is 0 Å². The average Bonchev–Trinajstić information content (AvgIpc) is 2.61. The Morgan fingerprint density at radius 2 is 1.64 bits per heavy atom. The Morgan fingerprint density at radius 1 is 1.04 bits per heavy atom. The standard InChI is InChI=1S/C14H26N4O7/c1-21-11-12(14(20)22-2)17-13(19)3-5-23-7-9-25-10-8-24-6-4-16-18-15/h12H,3-11H2,1-2H3,(H,17,19)/t12-/m0/s1. The van der Waals surface area contributed by atoms with Crippen LogP contribution in [0.4, 0.5) is 0 Å².